The lowest BCUT2D eigenvalue weighted by Crippen LogP contribution is -2.05. The first-order valence-electron chi connectivity index (χ1n) is 15.9. The van der Waals surface area contributed by atoms with Crippen molar-refractivity contribution in [3.05, 3.63) is 192 Å². The minimum absolute atomic E-state index is 0.0685. The Morgan fingerprint density at radius 2 is 1.31 bits per heavy atom. The highest BCUT2D eigenvalue weighted by Crippen LogP contribution is 2.41. The Morgan fingerprint density at radius 3 is 1.93 bits per heavy atom. The summed E-state index contributed by atoms with van der Waals surface area (Å²) in [5.74, 6) is 0. The maximum Gasteiger partial charge on any atom is 0.00193 e. The average molecular weight is 585 g/mol. The van der Waals surface area contributed by atoms with E-state index in [1.54, 1.807) is 0 Å². The molecule has 0 saturated heterocycles. The van der Waals surface area contributed by atoms with Gasteiger partial charge < -0.3 is 0 Å². The fourth-order valence-corrected chi connectivity index (χ4v) is 6.42. The lowest BCUT2D eigenvalue weighted by Gasteiger charge is -2.21. The van der Waals surface area contributed by atoms with Crippen LogP contribution in [0, 0.1) is 5.41 Å². The first-order valence-corrected chi connectivity index (χ1v) is 15.9. The van der Waals surface area contributed by atoms with Gasteiger partial charge in [0.05, 0.1) is 0 Å². The quantitative estimate of drug-likeness (QED) is 0.163. The predicted molar refractivity (Wildman–Crippen MR) is 200 cm³/mol. The lowest BCUT2D eigenvalue weighted by atomic mass is 9.83. The average Bonchev–Trinajstić information content (AvgIpc) is 3.19. The van der Waals surface area contributed by atoms with E-state index in [1.807, 2.05) is 19.1 Å². The van der Waals surface area contributed by atoms with Gasteiger partial charge >= 0.3 is 0 Å². The Hall–Kier alpha value is -4.94. The summed E-state index contributed by atoms with van der Waals surface area (Å²) in [5, 5.41) is 5.08. The number of fused-ring (bicyclic) bond motifs is 2. The van der Waals surface area contributed by atoms with Crippen molar-refractivity contribution >= 4 is 21.5 Å². The van der Waals surface area contributed by atoms with Crippen molar-refractivity contribution in [3.63, 3.8) is 0 Å². The molecular formula is C45H44. The monoisotopic (exact) mass is 584 g/mol. The van der Waals surface area contributed by atoms with Crippen molar-refractivity contribution in [3.8, 4) is 11.1 Å². The van der Waals surface area contributed by atoms with E-state index in [-0.39, 0.29) is 5.41 Å². The van der Waals surface area contributed by atoms with E-state index in [0.717, 1.165) is 24.0 Å². The van der Waals surface area contributed by atoms with Crippen LogP contribution in [0.25, 0.3) is 32.7 Å². The molecule has 0 radical (unpaired) electrons. The largest absolute Gasteiger partial charge is 0.0985 e. The summed E-state index contributed by atoms with van der Waals surface area (Å²) in [6.45, 7) is 16.7. The molecule has 0 fully saturated rings. The Labute approximate surface area is 270 Å². The van der Waals surface area contributed by atoms with E-state index < -0.39 is 0 Å². The van der Waals surface area contributed by atoms with Crippen LogP contribution in [-0.4, -0.2) is 0 Å². The Balaban J connectivity index is 1.75. The van der Waals surface area contributed by atoms with E-state index in [4.69, 9.17) is 0 Å². The van der Waals surface area contributed by atoms with E-state index in [1.165, 1.54) is 54.9 Å². The van der Waals surface area contributed by atoms with Crippen LogP contribution in [0.5, 0.6) is 0 Å². The fraction of sp³-hybridized carbons (Fsp3) is 0.156. The van der Waals surface area contributed by atoms with Gasteiger partial charge in [-0.15, -0.1) is 0 Å². The van der Waals surface area contributed by atoms with Gasteiger partial charge in [-0.2, -0.15) is 0 Å². The molecule has 0 heteroatoms. The third-order valence-corrected chi connectivity index (χ3v) is 8.36. The van der Waals surface area contributed by atoms with Crippen molar-refractivity contribution in [2.24, 2.45) is 5.41 Å². The molecule has 4 aromatic rings. The van der Waals surface area contributed by atoms with Crippen LogP contribution < -0.4 is 0 Å². The second kappa shape index (κ2) is 14.2. The normalized spacial score (nSPS) is 15.5. The number of rotatable bonds is 10. The molecule has 0 nitrogen and oxygen atoms in total. The Morgan fingerprint density at radius 1 is 0.689 bits per heavy atom. The second-order valence-corrected chi connectivity index (χ2v) is 12.3. The van der Waals surface area contributed by atoms with Crippen LogP contribution in [0.4, 0.5) is 0 Å². The van der Waals surface area contributed by atoms with Crippen LogP contribution in [-0.2, 0) is 12.8 Å². The number of hydrogen-bond acceptors (Lipinski definition) is 0. The molecule has 45 heavy (non-hydrogen) atoms. The molecule has 0 saturated carbocycles. The lowest BCUT2D eigenvalue weighted by molar-refractivity contribution is 0.620. The third-order valence-electron chi connectivity index (χ3n) is 8.36. The summed E-state index contributed by atoms with van der Waals surface area (Å²) < 4.78 is 0. The first kappa shape index (κ1) is 31.5. The van der Waals surface area contributed by atoms with E-state index in [0.29, 0.717) is 0 Å². The van der Waals surface area contributed by atoms with Crippen LogP contribution in [0.2, 0.25) is 0 Å². The maximum absolute atomic E-state index is 4.04. The second-order valence-electron chi connectivity index (χ2n) is 12.3. The number of hydrogen-bond donors (Lipinski definition) is 0. The van der Waals surface area contributed by atoms with Crippen LogP contribution in [0.15, 0.2) is 181 Å². The molecule has 0 N–H and O–H groups in total. The molecule has 1 aliphatic rings. The molecule has 0 unspecified atom stereocenters. The molecule has 1 aliphatic carbocycles. The molecule has 0 bridgehead atoms. The SMILES string of the molecule is C=CC1=CC(C)(C)C=C(Cc2ccc3ccccc3c2-c2c(CC(/C=C\C)=C/C=C(C=C)\C=C\C)ccc3ccccc23)C=C1. The highest BCUT2D eigenvalue weighted by atomic mass is 14.2. The van der Waals surface area contributed by atoms with Gasteiger partial charge in [-0.3, -0.25) is 0 Å². The molecular weight excluding hydrogens is 540 g/mol. The highest BCUT2D eigenvalue weighted by molar-refractivity contribution is 6.08. The summed E-state index contributed by atoms with van der Waals surface area (Å²) in [7, 11) is 0. The third kappa shape index (κ3) is 7.41. The molecule has 4 aromatic carbocycles. The molecule has 0 aromatic heterocycles. The molecule has 5 rings (SSSR count). The van der Waals surface area contributed by atoms with Gasteiger partial charge in [-0.05, 0) is 92.8 Å². The van der Waals surface area contributed by atoms with Crippen LogP contribution in [0.3, 0.4) is 0 Å². The van der Waals surface area contributed by atoms with Gasteiger partial charge in [0, 0.05) is 5.41 Å². The van der Waals surface area contributed by atoms with Crippen LogP contribution in [0.1, 0.15) is 38.8 Å². The topological polar surface area (TPSA) is 0 Å². The summed E-state index contributed by atoms with van der Waals surface area (Å²) in [4.78, 5) is 0. The number of benzene rings is 4. The molecule has 0 heterocycles. The molecule has 0 aliphatic heterocycles. The zero-order valence-electron chi connectivity index (χ0n) is 27.2. The Bertz CT molecular complexity index is 1960. The maximum atomic E-state index is 4.04. The van der Waals surface area contributed by atoms with Crippen molar-refractivity contribution in [1.29, 1.82) is 0 Å². The van der Waals surface area contributed by atoms with Crippen molar-refractivity contribution in [1.82, 2.24) is 0 Å². The van der Waals surface area contributed by atoms with Gasteiger partial charge in [-0.25, -0.2) is 0 Å². The van der Waals surface area contributed by atoms with E-state index in [2.05, 4.69) is 167 Å². The zero-order valence-corrected chi connectivity index (χ0v) is 27.2. The first-order chi connectivity index (χ1) is 21.9. The highest BCUT2D eigenvalue weighted by Gasteiger charge is 2.20. The van der Waals surface area contributed by atoms with Crippen LogP contribution >= 0.6 is 0 Å². The standard InChI is InChI=1S/C45H44/c1-7-15-33(9-3)21-23-35(16-8-2)29-39-27-25-37-17-11-13-19-41(37)43(39)44-40(28-26-38-18-12-14-20-42(38)44)30-36-24-22-34(10-4)31-45(5,6)32-36/h7-28,31-32H,3-4,29-30H2,1-2,5-6H3/b15-7+,16-8-,33-21-,35-23+. The smallest absolute Gasteiger partial charge is 0.00193 e. The minimum Gasteiger partial charge on any atom is -0.0985 e. The van der Waals surface area contributed by atoms with Gasteiger partial charge in [0.15, 0.2) is 0 Å². The zero-order chi connectivity index (χ0) is 31.8. The van der Waals surface area contributed by atoms with Crippen molar-refractivity contribution < 1.29 is 0 Å². The van der Waals surface area contributed by atoms with E-state index in [9.17, 15) is 0 Å². The van der Waals surface area contributed by atoms with Gasteiger partial charge in [0.1, 0.15) is 0 Å². The molecule has 0 amide bonds. The summed E-state index contributed by atoms with van der Waals surface area (Å²) in [5.41, 5.74) is 10.0. The summed E-state index contributed by atoms with van der Waals surface area (Å²) in [6.07, 6.45) is 27.6. The van der Waals surface area contributed by atoms with Gasteiger partial charge in [0.25, 0.3) is 0 Å². The molecule has 0 spiro atoms. The molecule has 224 valence electrons. The fourth-order valence-electron chi connectivity index (χ4n) is 6.42. The van der Waals surface area contributed by atoms with E-state index >= 15 is 0 Å². The Kier molecular flexibility index (Phi) is 9.95. The predicted octanol–water partition coefficient (Wildman–Crippen LogP) is 12.6. The summed E-state index contributed by atoms with van der Waals surface area (Å²) in [6, 6.07) is 26.9. The summed E-state index contributed by atoms with van der Waals surface area (Å²) >= 11 is 0. The number of allylic oxidation sites excluding steroid dienone is 16. The minimum atomic E-state index is -0.0685. The van der Waals surface area contributed by atoms with Gasteiger partial charge in [0.2, 0.25) is 0 Å². The van der Waals surface area contributed by atoms with Crippen molar-refractivity contribution in [2.45, 2.75) is 40.5 Å². The van der Waals surface area contributed by atoms with Crippen molar-refractivity contribution in [2.75, 3.05) is 0 Å². The molecule has 0 atom stereocenters. The van der Waals surface area contributed by atoms with Gasteiger partial charge in [-0.1, -0.05) is 173 Å².